The fourth-order valence-corrected chi connectivity index (χ4v) is 3.37. The predicted octanol–water partition coefficient (Wildman–Crippen LogP) is 4.35. The summed E-state index contributed by atoms with van der Waals surface area (Å²) in [6, 6.07) is 5.48. The van der Waals surface area contributed by atoms with Crippen LogP contribution in [0.25, 0.3) is 0 Å². The van der Waals surface area contributed by atoms with Gasteiger partial charge < -0.3 is 14.7 Å². The van der Waals surface area contributed by atoms with Crippen LogP contribution < -0.4 is 4.74 Å². The van der Waals surface area contributed by atoms with E-state index in [1.165, 1.54) is 12.8 Å². The maximum absolute atomic E-state index is 12.9. The van der Waals surface area contributed by atoms with Crippen molar-refractivity contribution in [1.29, 1.82) is 0 Å². The molecule has 5 nitrogen and oxygen atoms in total. The lowest BCUT2D eigenvalue weighted by Crippen LogP contribution is -2.40. The molecule has 1 aromatic rings. The highest BCUT2D eigenvalue weighted by atomic mass is 79.9. The van der Waals surface area contributed by atoms with E-state index >= 15 is 0 Å². The predicted molar refractivity (Wildman–Crippen MR) is 100 cm³/mol. The summed E-state index contributed by atoms with van der Waals surface area (Å²) in [6.45, 7) is 3.71. The Morgan fingerprint density at radius 2 is 1.96 bits per heavy atom. The number of hydrogen-bond donors (Lipinski definition) is 1. The van der Waals surface area contributed by atoms with Gasteiger partial charge in [0.15, 0.2) is 0 Å². The van der Waals surface area contributed by atoms with Crippen LogP contribution in [0.2, 0.25) is 0 Å². The van der Waals surface area contributed by atoms with Crippen molar-refractivity contribution < 1.29 is 19.4 Å². The number of piperidine rings is 1. The molecule has 138 valence electrons. The van der Waals surface area contributed by atoms with Gasteiger partial charge in [-0.3, -0.25) is 9.59 Å². The van der Waals surface area contributed by atoms with E-state index in [1.54, 1.807) is 11.0 Å². The normalized spacial score (nSPS) is 15.2. The van der Waals surface area contributed by atoms with E-state index in [0.717, 1.165) is 17.3 Å². The third-order valence-electron chi connectivity index (χ3n) is 4.56. The van der Waals surface area contributed by atoms with Crippen LogP contribution in [0.1, 0.15) is 55.8 Å². The number of amides is 1. The molecular weight excluding hydrogens is 386 g/mol. The molecule has 1 aromatic carbocycles. The summed E-state index contributed by atoms with van der Waals surface area (Å²) in [5.41, 5.74) is 0.540. The summed E-state index contributed by atoms with van der Waals surface area (Å²) in [7, 11) is 0. The Kier molecular flexibility index (Phi) is 7.75. The summed E-state index contributed by atoms with van der Waals surface area (Å²) in [4.78, 5) is 25.7. The molecule has 0 unspecified atom stereocenters. The van der Waals surface area contributed by atoms with Crippen molar-refractivity contribution in [3.63, 3.8) is 0 Å². The fraction of sp³-hybridized carbons (Fsp3) is 0.579. The number of ether oxygens (including phenoxy) is 1. The van der Waals surface area contributed by atoms with Gasteiger partial charge in [0, 0.05) is 17.6 Å². The van der Waals surface area contributed by atoms with Crippen LogP contribution in [-0.4, -0.2) is 41.6 Å². The Hall–Kier alpha value is -1.56. The lowest BCUT2D eigenvalue weighted by molar-refractivity contribution is -0.143. The summed E-state index contributed by atoms with van der Waals surface area (Å²) >= 11 is 3.42. The molecule has 1 aliphatic rings. The highest BCUT2D eigenvalue weighted by Crippen LogP contribution is 2.27. The fourth-order valence-electron chi connectivity index (χ4n) is 3.01. The zero-order valence-corrected chi connectivity index (χ0v) is 16.3. The highest BCUT2D eigenvalue weighted by molar-refractivity contribution is 9.10. The zero-order valence-electron chi connectivity index (χ0n) is 14.7. The van der Waals surface area contributed by atoms with E-state index in [0.29, 0.717) is 43.9 Å². The number of unbranched alkanes of at least 4 members (excludes halogenated alkanes) is 3. The molecule has 0 radical (unpaired) electrons. The Morgan fingerprint density at radius 3 is 2.60 bits per heavy atom. The molecule has 1 fully saturated rings. The largest absolute Gasteiger partial charge is 0.493 e. The molecule has 0 saturated carbocycles. The molecule has 0 bridgehead atoms. The quantitative estimate of drug-likeness (QED) is 0.645. The van der Waals surface area contributed by atoms with Crippen LogP contribution in [0.4, 0.5) is 0 Å². The van der Waals surface area contributed by atoms with Crippen molar-refractivity contribution in [3.8, 4) is 5.75 Å². The first kappa shape index (κ1) is 19.8. The summed E-state index contributed by atoms with van der Waals surface area (Å²) in [6.07, 6.45) is 5.47. The first-order valence-corrected chi connectivity index (χ1v) is 9.76. The number of hydrogen-bond acceptors (Lipinski definition) is 3. The van der Waals surface area contributed by atoms with Gasteiger partial charge in [0.1, 0.15) is 5.75 Å². The minimum absolute atomic E-state index is 0.0892. The molecule has 2 rings (SSSR count). The van der Waals surface area contributed by atoms with Gasteiger partial charge in [-0.15, -0.1) is 0 Å². The molecule has 0 aromatic heterocycles. The van der Waals surface area contributed by atoms with Gasteiger partial charge in [-0.25, -0.2) is 0 Å². The van der Waals surface area contributed by atoms with E-state index in [-0.39, 0.29) is 11.8 Å². The number of aliphatic carboxylic acids is 1. The minimum atomic E-state index is -0.773. The van der Waals surface area contributed by atoms with Crippen LogP contribution in [0, 0.1) is 5.92 Å². The SMILES string of the molecule is CCCCCCOc1ccc(Br)cc1C(=O)N1CCC(C(=O)O)CC1. The maximum atomic E-state index is 12.9. The Bertz CT molecular complexity index is 597. The second-order valence-corrected chi connectivity index (χ2v) is 7.37. The van der Waals surface area contributed by atoms with Gasteiger partial charge in [-0.05, 0) is 37.5 Å². The van der Waals surface area contributed by atoms with E-state index in [2.05, 4.69) is 22.9 Å². The van der Waals surface area contributed by atoms with Crippen LogP contribution in [0.3, 0.4) is 0 Å². The standard InChI is InChI=1S/C19H26BrNO4/c1-2-3-4-5-12-25-17-7-6-15(20)13-16(17)18(22)21-10-8-14(9-11-21)19(23)24/h6-7,13-14H,2-5,8-12H2,1H3,(H,23,24). The average Bonchev–Trinajstić information content (AvgIpc) is 2.62. The van der Waals surface area contributed by atoms with Crippen molar-refractivity contribution >= 4 is 27.8 Å². The number of carbonyl (C=O) groups excluding carboxylic acids is 1. The summed E-state index contributed by atoms with van der Waals surface area (Å²) in [5, 5.41) is 9.09. The molecule has 6 heteroatoms. The van der Waals surface area contributed by atoms with Crippen LogP contribution >= 0.6 is 15.9 Å². The smallest absolute Gasteiger partial charge is 0.306 e. The van der Waals surface area contributed by atoms with Gasteiger partial charge in [0.2, 0.25) is 0 Å². The number of carbonyl (C=O) groups is 2. The Labute approximate surface area is 157 Å². The minimum Gasteiger partial charge on any atom is -0.493 e. The van der Waals surface area contributed by atoms with Gasteiger partial charge in [-0.2, -0.15) is 0 Å². The van der Waals surface area contributed by atoms with Gasteiger partial charge >= 0.3 is 5.97 Å². The first-order chi connectivity index (χ1) is 12.0. The second-order valence-electron chi connectivity index (χ2n) is 6.45. The van der Waals surface area contributed by atoms with Crippen molar-refractivity contribution in [2.24, 2.45) is 5.92 Å². The third kappa shape index (κ3) is 5.73. The Balaban J connectivity index is 2.00. The molecule has 0 atom stereocenters. The summed E-state index contributed by atoms with van der Waals surface area (Å²) < 4.78 is 6.68. The van der Waals surface area contributed by atoms with Crippen molar-refractivity contribution in [2.75, 3.05) is 19.7 Å². The zero-order chi connectivity index (χ0) is 18.2. The van der Waals surface area contributed by atoms with E-state index in [9.17, 15) is 9.59 Å². The second kappa shape index (κ2) is 9.80. The van der Waals surface area contributed by atoms with Gasteiger partial charge in [0.25, 0.3) is 5.91 Å². The van der Waals surface area contributed by atoms with Gasteiger partial charge in [-0.1, -0.05) is 42.1 Å². The number of nitrogens with zero attached hydrogens (tertiary/aromatic N) is 1. The molecule has 0 aliphatic carbocycles. The molecule has 1 heterocycles. The number of carboxylic acids is 1. The molecule has 0 spiro atoms. The maximum Gasteiger partial charge on any atom is 0.306 e. The van der Waals surface area contributed by atoms with E-state index in [1.807, 2.05) is 12.1 Å². The van der Waals surface area contributed by atoms with E-state index in [4.69, 9.17) is 9.84 Å². The number of carboxylic acid groups (broad SMARTS) is 1. The molecule has 1 N–H and O–H groups in total. The lowest BCUT2D eigenvalue weighted by Gasteiger charge is -2.30. The van der Waals surface area contributed by atoms with Crippen LogP contribution in [0.5, 0.6) is 5.75 Å². The molecule has 1 amide bonds. The highest BCUT2D eigenvalue weighted by Gasteiger charge is 2.28. The monoisotopic (exact) mass is 411 g/mol. The summed E-state index contributed by atoms with van der Waals surface area (Å²) in [5.74, 6) is -0.606. The lowest BCUT2D eigenvalue weighted by atomic mass is 9.96. The van der Waals surface area contributed by atoms with Crippen LogP contribution in [-0.2, 0) is 4.79 Å². The molecule has 25 heavy (non-hydrogen) atoms. The molecule has 1 aliphatic heterocycles. The van der Waals surface area contributed by atoms with Crippen molar-refractivity contribution in [2.45, 2.75) is 45.4 Å². The molecule has 1 saturated heterocycles. The van der Waals surface area contributed by atoms with Crippen molar-refractivity contribution in [3.05, 3.63) is 28.2 Å². The number of likely N-dealkylation sites (tertiary alicyclic amines) is 1. The van der Waals surface area contributed by atoms with E-state index < -0.39 is 5.97 Å². The first-order valence-electron chi connectivity index (χ1n) is 8.97. The number of benzene rings is 1. The third-order valence-corrected chi connectivity index (χ3v) is 5.05. The average molecular weight is 412 g/mol. The van der Waals surface area contributed by atoms with Crippen LogP contribution in [0.15, 0.2) is 22.7 Å². The topological polar surface area (TPSA) is 66.8 Å². The van der Waals surface area contributed by atoms with Crippen molar-refractivity contribution in [1.82, 2.24) is 4.90 Å². The molecular formula is C19H26BrNO4. The number of halogens is 1. The number of rotatable bonds is 8. The van der Waals surface area contributed by atoms with Gasteiger partial charge in [0.05, 0.1) is 18.1 Å². The Morgan fingerprint density at radius 1 is 1.24 bits per heavy atom.